The lowest BCUT2D eigenvalue weighted by Crippen LogP contribution is -2.51. The summed E-state index contributed by atoms with van der Waals surface area (Å²) in [6.45, 7) is 12.7. The third kappa shape index (κ3) is 5.79. The molecule has 5 rings (SSSR count). The Kier molecular flexibility index (Phi) is 8.66. The summed E-state index contributed by atoms with van der Waals surface area (Å²) in [5, 5.41) is 12.0. The summed E-state index contributed by atoms with van der Waals surface area (Å²) >= 11 is 6.69. The zero-order valence-electron chi connectivity index (χ0n) is 25.3. The molecule has 0 bridgehead atoms. The van der Waals surface area contributed by atoms with Gasteiger partial charge in [0.2, 0.25) is 0 Å². The lowest BCUT2D eigenvalue weighted by atomic mass is 9.73. The largest absolute Gasteiger partial charge is 0.480 e. The molecular weight excluding hydrogens is 552 g/mol. The Morgan fingerprint density at radius 1 is 1.10 bits per heavy atom. The first-order chi connectivity index (χ1) is 19.9. The first-order valence-electron chi connectivity index (χ1n) is 14.8. The highest BCUT2D eigenvalue weighted by atomic mass is 35.5. The van der Waals surface area contributed by atoms with Crippen LogP contribution < -0.4 is 0 Å². The smallest absolute Gasteiger partial charge is 0.326 e. The van der Waals surface area contributed by atoms with Gasteiger partial charge in [0.05, 0.1) is 24.3 Å². The molecule has 2 aliphatic heterocycles. The van der Waals surface area contributed by atoms with Crippen LogP contribution in [0, 0.1) is 32.1 Å². The van der Waals surface area contributed by atoms with Crippen LogP contribution in [0.1, 0.15) is 73.9 Å². The number of carboxylic acid groups (broad SMARTS) is 1. The van der Waals surface area contributed by atoms with Crippen LogP contribution >= 0.6 is 11.6 Å². The minimum Gasteiger partial charge on any atom is -0.480 e. The SMILES string of the molecule is Cc1cc(C)c2cc(CO[C@H]3[C@H](C(C)(C)C)[C@@H](C(=O)O)N(C(=O)[C@@H]4CCCCO4)[C@H]3c3ccccc3C)c(Cl)nc2c1. The van der Waals surface area contributed by atoms with E-state index < -0.39 is 41.6 Å². The zero-order chi connectivity index (χ0) is 30.3. The molecular formula is C34H41ClN2O5. The van der Waals surface area contributed by atoms with Gasteiger partial charge in [-0.2, -0.15) is 0 Å². The maximum atomic E-state index is 14.2. The second-order valence-corrected chi connectivity index (χ2v) is 13.3. The van der Waals surface area contributed by atoms with Crippen molar-refractivity contribution >= 4 is 34.4 Å². The number of ether oxygens (including phenoxy) is 2. The standard InChI is InChI=1S/C34H41ClN2O5/c1-19-15-21(3)24-17-22(31(35)36-25(24)16-19)18-42-30-27(34(4,5)6)29(33(39)40)37(32(38)26-13-9-10-14-41-26)28(30)23-12-8-7-11-20(23)2/h7-8,11-12,15-17,26-30H,9-10,13-14,18H2,1-6H3,(H,39,40)/t26-,27+,28-,29-,30-/m0/s1. The molecule has 1 aromatic heterocycles. The number of fused-ring (bicyclic) bond motifs is 1. The number of pyridine rings is 1. The quantitative estimate of drug-likeness (QED) is 0.311. The van der Waals surface area contributed by atoms with Gasteiger partial charge in [-0.05, 0) is 79.8 Å². The molecule has 0 saturated carbocycles. The molecule has 2 fully saturated rings. The zero-order valence-corrected chi connectivity index (χ0v) is 26.1. The van der Waals surface area contributed by atoms with Crippen molar-refractivity contribution in [1.82, 2.24) is 9.88 Å². The number of hydrogen-bond acceptors (Lipinski definition) is 5. The molecule has 224 valence electrons. The minimum atomic E-state index is -1.09. The number of halogens is 1. The van der Waals surface area contributed by atoms with Crippen molar-refractivity contribution in [2.24, 2.45) is 11.3 Å². The summed E-state index contributed by atoms with van der Waals surface area (Å²) in [4.78, 5) is 33.5. The summed E-state index contributed by atoms with van der Waals surface area (Å²) < 4.78 is 12.7. The number of aliphatic carboxylic acids is 1. The average Bonchev–Trinajstić information content (AvgIpc) is 3.28. The van der Waals surface area contributed by atoms with E-state index >= 15 is 0 Å². The third-order valence-electron chi connectivity index (χ3n) is 8.82. The van der Waals surface area contributed by atoms with Gasteiger partial charge in [-0.25, -0.2) is 9.78 Å². The lowest BCUT2D eigenvalue weighted by molar-refractivity contribution is -0.159. The van der Waals surface area contributed by atoms with Crippen molar-refractivity contribution in [3.05, 3.63) is 75.4 Å². The fourth-order valence-corrected chi connectivity index (χ4v) is 7.07. The van der Waals surface area contributed by atoms with E-state index in [0.29, 0.717) is 18.2 Å². The number of hydrogen-bond donors (Lipinski definition) is 1. The number of carbonyl (C=O) groups is 2. The lowest BCUT2D eigenvalue weighted by Gasteiger charge is -2.35. The molecule has 5 atom stereocenters. The van der Waals surface area contributed by atoms with Crippen molar-refractivity contribution in [2.45, 2.75) is 91.7 Å². The molecule has 2 saturated heterocycles. The predicted molar refractivity (Wildman–Crippen MR) is 164 cm³/mol. The Hall–Kier alpha value is -3.00. The van der Waals surface area contributed by atoms with Gasteiger partial charge in [0, 0.05) is 23.5 Å². The van der Waals surface area contributed by atoms with E-state index in [9.17, 15) is 14.7 Å². The highest BCUT2D eigenvalue weighted by Crippen LogP contribution is 2.51. The third-order valence-corrected chi connectivity index (χ3v) is 9.14. The highest BCUT2D eigenvalue weighted by molar-refractivity contribution is 6.30. The fraction of sp³-hybridized carbons (Fsp3) is 0.500. The molecule has 0 aliphatic carbocycles. The van der Waals surface area contributed by atoms with Crippen LogP contribution in [0.15, 0.2) is 42.5 Å². The summed E-state index contributed by atoms with van der Waals surface area (Å²) in [6.07, 6.45) is 1.04. The van der Waals surface area contributed by atoms with Gasteiger partial charge < -0.3 is 19.5 Å². The number of amides is 1. The Morgan fingerprint density at radius 3 is 2.48 bits per heavy atom. The van der Waals surface area contributed by atoms with Crippen molar-refractivity contribution < 1.29 is 24.2 Å². The average molecular weight is 593 g/mol. The molecule has 8 heteroatoms. The molecule has 2 aromatic carbocycles. The van der Waals surface area contributed by atoms with E-state index in [2.05, 4.69) is 11.1 Å². The first-order valence-corrected chi connectivity index (χ1v) is 15.2. The molecule has 1 N–H and O–H groups in total. The van der Waals surface area contributed by atoms with Crippen LogP contribution in [0.2, 0.25) is 5.15 Å². The molecule has 3 heterocycles. The van der Waals surface area contributed by atoms with Crippen LogP contribution in [-0.4, -0.2) is 51.7 Å². The molecule has 3 aromatic rings. The van der Waals surface area contributed by atoms with E-state index in [0.717, 1.165) is 51.6 Å². The number of carbonyl (C=O) groups excluding carboxylic acids is 1. The summed E-state index contributed by atoms with van der Waals surface area (Å²) in [5.74, 6) is -1.84. The van der Waals surface area contributed by atoms with Crippen LogP contribution in [0.4, 0.5) is 0 Å². The molecule has 0 unspecified atom stereocenters. The second kappa shape index (κ2) is 11.9. The normalized spacial score (nSPS) is 24.7. The number of rotatable bonds is 6. The Labute approximate surface area is 253 Å². The molecule has 2 aliphatic rings. The van der Waals surface area contributed by atoms with Gasteiger partial charge in [-0.1, -0.05) is 62.7 Å². The number of nitrogens with zero attached hydrogens (tertiary/aromatic N) is 2. The van der Waals surface area contributed by atoms with E-state index in [1.807, 2.05) is 77.9 Å². The summed E-state index contributed by atoms with van der Waals surface area (Å²) in [7, 11) is 0. The first kappa shape index (κ1) is 30.5. The number of benzene rings is 2. The van der Waals surface area contributed by atoms with Crippen molar-refractivity contribution in [1.29, 1.82) is 0 Å². The number of aryl methyl sites for hydroxylation is 3. The van der Waals surface area contributed by atoms with E-state index in [1.54, 1.807) is 4.90 Å². The Morgan fingerprint density at radius 2 is 1.83 bits per heavy atom. The molecule has 7 nitrogen and oxygen atoms in total. The van der Waals surface area contributed by atoms with E-state index in [4.69, 9.17) is 21.1 Å². The van der Waals surface area contributed by atoms with Gasteiger partial charge >= 0.3 is 5.97 Å². The second-order valence-electron chi connectivity index (χ2n) is 12.9. The van der Waals surface area contributed by atoms with E-state index in [-0.39, 0.29) is 12.5 Å². The van der Waals surface area contributed by atoms with Crippen LogP contribution in [0.3, 0.4) is 0 Å². The van der Waals surface area contributed by atoms with Gasteiger partial charge in [0.1, 0.15) is 17.3 Å². The number of likely N-dealkylation sites (tertiary alicyclic amines) is 1. The van der Waals surface area contributed by atoms with Crippen molar-refractivity contribution in [2.75, 3.05) is 6.61 Å². The van der Waals surface area contributed by atoms with Crippen molar-refractivity contribution in [3.63, 3.8) is 0 Å². The monoisotopic (exact) mass is 592 g/mol. The predicted octanol–water partition coefficient (Wildman–Crippen LogP) is 6.97. The molecule has 0 spiro atoms. The Bertz CT molecular complexity index is 1490. The van der Waals surface area contributed by atoms with Gasteiger partial charge in [-0.3, -0.25) is 4.79 Å². The summed E-state index contributed by atoms with van der Waals surface area (Å²) in [6, 6.07) is 12.2. The summed E-state index contributed by atoms with van der Waals surface area (Å²) in [5.41, 5.74) is 5.08. The minimum absolute atomic E-state index is 0.128. The highest BCUT2D eigenvalue weighted by Gasteiger charge is 2.59. The molecule has 0 radical (unpaired) electrons. The topological polar surface area (TPSA) is 89.0 Å². The maximum absolute atomic E-state index is 14.2. The van der Waals surface area contributed by atoms with Crippen LogP contribution in [0.5, 0.6) is 0 Å². The van der Waals surface area contributed by atoms with Gasteiger partial charge in [-0.15, -0.1) is 0 Å². The maximum Gasteiger partial charge on any atom is 0.326 e. The number of carboxylic acids is 1. The Balaban J connectivity index is 1.61. The van der Waals surface area contributed by atoms with Crippen molar-refractivity contribution in [3.8, 4) is 0 Å². The fourth-order valence-electron chi connectivity index (χ4n) is 6.87. The molecule has 42 heavy (non-hydrogen) atoms. The van der Waals surface area contributed by atoms with Crippen LogP contribution in [-0.2, 0) is 25.7 Å². The van der Waals surface area contributed by atoms with E-state index in [1.165, 1.54) is 0 Å². The molecule has 1 amide bonds. The number of aromatic nitrogens is 1. The van der Waals surface area contributed by atoms with Gasteiger partial charge in [0.25, 0.3) is 5.91 Å². The van der Waals surface area contributed by atoms with Gasteiger partial charge in [0.15, 0.2) is 0 Å². The van der Waals surface area contributed by atoms with Crippen LogP contribution in [0.25, 0.3) is 10.9 Å².